The Morgan fingerprint density at radius 3 is 2.19 bits per heavy atom. The Morgan fingerprint density at radius 2 is 1.57 bits per heavy atom. The zero-order chi connectivity index (χ0) is 14.5. The summed E-state index contributed by atoms with van der Waals surface area (Å²) in [5, 5.41) is 5.76. The molecule has 108 valence electrons. The van der Waals surface area contributed by atoms with Gasteiger partial charge in [0, 0.05) is 12.8 Å². The van der Waals surface area contributed by atoms with E-state index in [0.717, 1.165) is 19.3 Å². The Bertz CT molecular complexity index is 610. The minimum Gasteiger partial charge on any atom is -0.292 e. The molecule has 0 aromatic heterocycles. The molecule has 0 saturated carbocycles. The summed E-state index contributed by atoms with van der Waals surface area (Å²) in [6, 6.07) is 21.2. The Labute approximate surface area is 130 Å². The minimum absolute atomic E-state index is 0.00542. The van der Waals surface area contributed by atoms with Crippen LogP contribution in [-0.4, -0.2) is 9.91 Å². The van der Waals surface area contributed by atoms with Crippen LogP contribution in [0.4, 0.5) is 0 Å². The quantitative estimate of drug-likeness (QED) is 0.893. The molecular formula is C18H20N2S. The molecule has 0 aliphatic carbocycles. The van der Waals surface area contributed by atoms with Gasteiger partial charge in [0.15, 0.2) is 0 Å². The lowest BCUT2D eigenvalue weighted by Gasteiger charge is -2.26. The Morgan fingerprint density at radius 1 is 0.952 bits per heavy atom. The maximum absolute atomic E-state index is 4.58. The van der Waals surface area contributed by atoms with Crippen molar-refractivity contribution < 1.29 is 0 Å². The van der Waals surface area contributed by atoms with Gasteiger partial charge >= 0.3 is 0 Å². The first kappa shape index (κ1) is 14.2. The number of rotatable bonds is 5. The van der Waals surface area contributed by atoms with Gasteiger partial charge in [-0.05, 0) is 17.5 Å². The molecule has 1 aliphatic rings. The van der Waals surface area contributed by atoms with Gasteiger partial charge in [0.2, 0.25) is 0 Å². The number of hydrogen-bond donors (Lipinski definition) is 1. The maximum Gasteiger partial charge on any atom is 0.109 e. The molecule has 1 aliphatic heterocycles. The summed E-state index contributed by atoms with van der Waals surface area (Å²) in [4.78, 5) is 0.00542. The average Bonchev–Trinajstić information content (AvgIpc) is 2.93. The molecule has 2 aromatic carbocycles. The number of hydrazone groups is 1. The van der Waals surface area contributed by atoms with E-state index in [9.17, 15) is 0 Å². The zero-order valence-electron chi connectivity index (χ0n) is 12.3. The van der Waals surface area contributed by atoms with Crippen molar-refractivity contribution in [3.8, 4) is 0 Å². The van der Waals surface area contributed by atoms with Crippen LogP contribution in [0.1, 0.15) is 24.5 Å². The lowest BCUT2D eigenvalue weighted by atomic mass is 10.0. The molecule has 0 bridgehead atoms. The van der Waals surface area contributed by atoms with Crippen molar-refractivity contribution in [3.05, 3.63) is 71.8 Å². The van der Waals surface area contributed by atoms with E-state index in [2.05, 4.69) is 78.1 Å². The molecule has 0 fully saturated rings. The second-order valence-corrected chi connectivity index (χ2v) is 6.85. The van der Waals surface area contributed by atoms with Crippen molar-refractivity contribution in [3.63, 3.8) is 0 Å². The largest absolute Gasteiger partial charge is 0.292 e. The Balaban J connectivity index is 1.67. The minimum atomic E-state index is 0.00542. The summed E-state index contributed by atoms with van der Waals surface area (Å²) < 4.78 is 0. The molecule has 2 aromatic rings. The van der Waals surface area contributed by atoms with Crippen LogP contribution in [0.25, 0.3) is 0 Å². The van der Waals surface area contributed by atoms with Crippen LogP contribution in [-0.2, 0) is 12.8 Å². The van der Waals surface area contributed by atoms with E-state index >= 15 is 0 Å². The number of hydrogen-bond acceptors (Lipinski definition) is 3. The van der Waals surface area contributed by atoms with Crippen molar-refractivity contribution in [2.24, 2.45) is 5.10 Å². The van der Waals surface area contributed by atoms with Crippen molar-refractivity contribution in [2.75, 3.05) is 0 Å². The van der Waals surface area contributed by atoms with Crippen LogP contribution in [0.5, 0.6) is 0 Å². The van der Waals surface area contributed by atoms with Gasteiger partial charge in [-0.3, -0.25) is 5.43 Å². The molecule has 0 amide bonds. The van der Waals surface area contributed by atoms with Crippen LogP contribution in [0.2, 0.25) is 0 Å². The van der Waals surface area contributed by atoms with E-state index in [1.807, 2.05) is 11.8 Å². The van der Waals surface area contributed by atoms with E-state index < -0.39 is 0 Å². The first-order valence-electron chi connectivity index (χ1n) is 7.40. The predicted octanol–water partition coefficient (Wildman–Crippen LogP) is 4.23. The Hall–Kier alpha value is -1.74. The van der Waals surface area contributed by atoms with Gasteiger partial charge in [0.1, 0.15) is 4.87 Å². The molecule has 3 rings (SSSR count). The zero-order valence-corrected chi connectivity index (χ0v) is 13.1. The van der Waals surface area contributed by atoms with E-state index in [4.69, 9.17) is 0 Å². The summed E-state index contributed by atoms with van der Waals surface area (Å²) in [6.45, 7) is 2.23. The second-order valence-electron chi connectivity index (χ2n) is 5.39. The first-order valence-corrected chi connectivity index (χ1v) is 8.22. The fourth-order valence-electron chi connectivity index (χ4n) is 2.56. The molecule has 1 heterocycles. The van der Waals surface area contributed by atoms with Crippen molar-refractivity contribution in [1.82, 2.24) is 5.43 Å². The summed E-state index contributed by atoms with van der Waals surface area (Å²) in [5.41, 5.74) is 6.06. The topological polar surface area (TPSA) is 24.4 Å². The Kier molecular flexibility index (Phi) is 4.30. The van der Waals surface area contributed by atoms with Crippen LogP contribution in [0.15, 0.2) is 65.8 Å². The highest BCUT2D eigenvalue weighted by atomic mass is 32.2. The SMILES string of the molecule is CC[C@]1(Cc2ccccc2)NN=C(Cc2ccccc2)S1. The van der Waals surface area contributed by atoms with E-state index in [0.29, 0.717) is 0 Å². The summed E-state index contributed by atoms with van der Waals surface area (Å²) in [5.74, 6) is 0. The summed E-state index contributed by atoms with van der Waals surface area (Å²) in [7, 11) is 0. The second kappa shape index (κ2) is 6.35. The maximum atomic E-state index is 4.58. The van der Waals surface area contributed by atoms with Crippen LogP contribution < -0.4 is 5.43 Å². The number of nitrogens with zero attached hydrogens (tertiary/aromatic N) is 1. The van der Waals surface area contributed by atoms with E-state index in [-0.39, 0.29) is 4.87 Å². The number of thioether (sulfide) groups is 1. The van der Waals surface area contributed by atoms with E-state index in [1.54, 1.807) is 0 Å². The summed E-state index contributed by atoms with van der Waals surface area (Å²) >= 11 is 1.89. The average molecular weight is 296 g/mol. The van der Waals surface area contributed by atoms with Crippen molar-refractivity contribution in [1.29, 1.82) is 0 Å². The van der Waals surface area contributed by atoms with Gasteiger partial charge in [0.25, 0.3) is 0 Å². The van der Waals surface area contributed by atoms with Gasteiger partial charge in [-0.2, -0.15) is 5.10 Å². The van der Waals surface area contributed by atoms with Gasteiger partial charge in [-0.1, -0.05) is 79.3 Å². The van der Waals surface area contributed by atoms with Crippen molar-refractivity contribution in [2.45, 2.75) is 31.1 Å². The van der Waals surface area contributed by atoms with Gasteiger partial charge < -0.3 is 0 Å². The number of nitrogens with one attached hydrogen (secondary N) is 1. The predicted molar refractivity (Wildman–Crippen MR) is 91.5 cm³/mol. The molecule has 1 atom stereocenters. The fraction of sp³-hybridized carbons (Fsp3) is 0.278. The molecule has 0 unspecified atom stereocenters. The first-order chi connectivity index (χ1) is 10.3. The molecule has 0 saturated heterocycles. The molecule has 2 nitrogen and oxygen atoms in total. The molecule has 3 heteroatoms. The molecule has 1 N–H and O–H groups in total. The van der Waals surface area contributed by atoms with Gasteiger partial charge in [0.05, 0.1) is 5.04 Å². The molecular weight excluding hydrogens is 276 g/mol. The third kappa shape index (κ3) is 3.48. The third-order valence-electron chi connectivity index (χ3n) is 3.80. The number of benzene rings is 2. The lowest BCUT2D eigenvalue weighted by molar-refractivity contribution is 0.474. The van der Waals surface area contributed by atoms with Crippen LogP contribution in [0, 0.1) is 0 Å². The van der Waals surface area contributed by atoms with Crippen LogP contribution >= 0.6 is 11.8 Å². The lowest BCUT2D eigenvalue weighted by Crippen LogP contribution is -2.37. The fourth-order valence-corrected chi connectivity index (χ4v) is 3.81. The van der Waals surface area contributed by atoms with Gasteiger partial charge in [-0.15, -0.1) is 0 Å². The smallest absolute Gasteiger partial charge is 0.109 e. The summed E-state index contributed by atoms with van der Waals surface area (Å²) in [6.07, 6.45) is 2.96. The monoisotopic (exact) mass is 296 g/mol. The highest BCUT2D eigenvalue weighted by Gasteiger charge is 2.35. The molecule has 0 spiro atoms. The van der Waals surface area contributed by atoms with E-state index in [1.165, 1.54) is 16.2 Å². The normalized spacial score (nSPS) is 20.9. The third-order valence-corrected chi connectivity index (χ3v) is 5.19. The van der Waals surface area contributed by atoms with Crippen molar-refractivity contribution >= 4 is 16.8 Å². The molecule has 21 heavy (non-hydrogen) atoms. The highest BCUT2D eigenvalue weighted by Crippen LogP contribution is 2.36. The van der Waals surface area contributed by atoms with Gasteiger partial charge in [-0.25, -0.2) is 0 Å². The van der Waals surface area contributed by atoms with Crippen LogP contribution in [0.3, 0.4) is 0 Å². The molecule has 0 radical (unpaired) electrons. The highest BCUT2D eigenvalue weighted by molar-refractivity contribution is 8.15. The standard InChI is InChI=1S/C18H20N2S/c1-2-18(14-16-11-7-4-8-12-16)20-19-17(21-18)13-15-9-5-3-6-10-15/h3-12,20H,2,13-14H2,1H3/t18-/m0/s1.